The number of likely N-dealkylation sites (tertiary alicyclic amines) is 1. The van der Waals surface area contributed by atoms with Gasteiger partial charge in [0.05, 0.1) is 5.69 Å². The zero-order valence-electron chi connectivity index (χ0n) is 12.4. The summed E-state index contributed by atoms with van der Waals surface area (Å²) < 4.78 is 5.07. The number of carbonyl (C=O) groups is 1. The van der Waals surface area contributed by atoms with Crippen molar-refractivity contribution in [2.75, 3.05) is 13.1 Å². The monoisotopic (exact) mass is 293 g/mol. The molecule has 2 N–H and O–H groups in total. The molecule has 1 amide bonds. The Balaban J connectivity index is 1.44. The van der Waals surface area contributed by atoms with Gasteiger partial charge in [-0.25, -0.2) is 0 Å². The quantitative estimate of drug-likeness (QED) is 0.841. The minimum absolute atomic E-state index is 0.0686. The highest BCUT2D eigenvalue weighted by Crippen LogP contribution is 2.24. The third-order valence-electron chi connectivity index (χ3n) is 4.33. The van der Waals surface area contributed by atoms with Crippen LogP contribution in [0.2, 0.25) is 0 Å². The van der Waals surface area contributed by atoms with E-state index in [1.54, 1.807) is 0 Å². The fourth-order valence-corrected chi connectivity index (χ4v) is 2.88. The van der Waals surface area contributed by atoms with Crippen LogP contribution in [0.25, 0.3) is 0 Å². The molecule has 1 aromatic heterocycles. The van der Waals surface area contributed by atoms with Crippen LogP contribution >= 0.6 is 0 Å². The van der Waals surface area contributed by atoms with Gasteiger partial charge in [-0.05, 0) is 51.6 Å². The molecule has 0 spiro atoms. The minimum Gasteiger partial charge on any atom is -0.383 e. The summed E-state index contributed by atoms with van der Waals surface area (Å²) in [5, 5.41) is 17.0. The summed E-state index contributed by atoms with van der Waals surface area (Å²) in [5.74, 6) is 0.703. The van der Waals surface area contributed by atoms with Gasteiger partial charge in [-0.1, -0.05) is 5.16 Å². The summed E-state index contributed by atoms with van der Waals surface area (Å²) in [5.41, 5.74) is 0.943. The molecular weight excluding hydrogens is 270 g/mol. The van der Waals surface area contributed by atoms with Crippen LogP contribution in [0.3, 0.4) is 0 Å². The summed E-state index contributed by atoms with van der Waals surface area (Å²) in [7, 11) is 0. The molecule has 116 valence electrons. The molecule has 0 unspecified atom stereocenters. The van der Waals surface area contributed by atoms with Crippen molar-refractivity contribution in [2.45, 2.75) is 51.3 Å². The number of aliphatic hydroxyl groups is 1. The summed E-state index contributed by atoms with van der Waals surface area (Å²) in [6, 6.07) is 2.26. The van der Waals surface area contributed by atoms with Gasteiger partial charge in [-0.15, -0.1) is 0 Å². The van der Waals surface area contributed by atoms with Gasteiger partial charge in [-0.2, -0.15) is 0 Å². The number of piperidine rings is 1. The van der Waals surface area contributed by atoms with E-state index in [4.69, 9.17) is 4.52 Å². The Hall–Kier alpha value is -1.40. The van der Waals surface area contributed by atoms with Gasteiger partial charge in [0.15, 0.2) is 0 Å². The third-order valence-corrected chi connectivity index (χ3v) is 4.33. The molecule has 1 saturated heterocycles. The second-order valence-electron chi connectivity index (χ2n) is 6.27. The minimum atomic E-state index is -0.859. The van der Waals surface area contributed by atoms with Crippen LogP contribution in [0.15, 0.2) is 10.6 Å². The first kappa shape index (κ1) is 14.5. The van der Waals surface area contributed by atoms with Crippen LogP contribution in [0, 0.1) is 12.8 Å². The predicted molar refractivity (Wildman–Crippen MR) is 76.4 cm³/mol. The van der Waals surface area contributed by atoms with Crippen molar-refractivity contribution >= 4 is 5.91 Å². The van der Waals surface area contributed by atoms with E-state index in [0.29, 0.717) is 6.04 Å². The number of aliphatic hydroxyl groups excluding tert-OH is 1. The predicted octanol–water partition coefficient (Wildman–Crippen LogP) is 0.835. The first-order valence-electron chi connectivity index (χ1n) is 7.75. The SMILES string of the molecule is Cc1cc(CN2CCC([C@@H](O)C(=O)NC3CC3)CC2)no1. The average molecular weight is 293 g/mol. The number of nitrogens with zero attached hydrogens (tertiary/aromatic N) is 2. The van der Waals surface area contributed by atoms with Crippen molar-refractivity contribution in [2.24, 2.45) is 5.92 Å². The number of carbonyl (C=O) groups excluding carboxylic acids is 1. The lowest BCUT2D eigenvalue weighted by atomic mass is 9.90. The molecule has 0 aromatic carbocycles. The average Bonchev–Trinajstić information content (AvgIpc) is 3.20. The van der Waals surface area contributed by atoms with Crippen molar-refractivity contribution in [3.05, 3.63) is 17.5 Å². The van der Waals surface area contributed by atoms with E-state index in [1.165, 1.54) is 0 Å². The number of amides is 1. The zero-order chi connectivity index (χ0) is 14.8. The molecule has 1 saturated carbocycles. The lowest BCUT2D eigenvalue weighted by Gasteiger charge is -2.33. The van der Waals surface area contributed by atoms with Crippen molar-refractivity contribution in [3.63, 3.8) is 0 Å². The molecular formula is C15H23N3O3. The van der Waals surface area contributed by atoms with Crippen LogP contribution in [-0.2, 0) is 11.3 Å². The molecule has 3 rings (SSSR count). The lowest BCUT2D eigenvalue weighted by molar-refractivity contribution is -0.133. The van der Waals surface area contributed by atoms with Gasteiger partial charge in [-0.3, -0.25) is 9.69 Å². The maximum absolute atomic E-state index is 11.9. The topological polar surface area (TPSA) is 78.6 Å². The molecule has 6 heteroatoms. The molecule has 6 nitrogen and oxygen atoms in total. The highest BCUT2D eigenvalue weighted by molar-refractivity contribution is 5.81. The first-order valence-corrected chi connectivity index (χ1v) is 7.75. The second kappa shape index (κ2) is 6.15. The third kappa shape index (κ3) is 3.83. The number of rotatable bonds is 5. The van der Waals surface area contributed by atoms with E-state index in [-0.39, 0.29) is 11.8 Å². The Morgan fingerprint density at radius 3 is 2.76 bits per heavy atom. The van der Waals surface area contributed by atoms with E-state index in [0.717, 1.165) is 56.8 Å². The second-order valence-corrected chi connectivity index (χ2v) is 6.27. The lowest BCUT2D eigenvalue weighted by Crippen LogP contribution is -2.44. The van der Waals surface area contributed by atoms with Gasteiger partial charge in [0.2, 0.25) is 5.91 Å². The van der Waals surface area contributed by atoms with Gasteiger partial charge < -0.3 is 14.9 Å². The highest BCUT2D eigenvalue weighted by Gasteiger charge is 2.33. The number of hydrogen-bond acceptors (Lipinski definition) is 5. The zero-order valence-corrected chi connectivity index (χ0v) is 12.4. The maximum Gasteiger partial charge on any atom is 0.249 e. The van der Waals surface area contributed by atoms with Crippen molar-refractivity contribution in [3.8, 4) is 0 Å². The van der Waals surface area contributed by atoms with Gasteiger partial charge >= 0.3 is 0 Å². The fraction of sp³-hybridized carbons (Fsp3) is 0.733. The van der Waals surface area contributed by atoms with E-state index in [1.807, 2.05) is 13.0 Å². The van der Waals surface area contributed by atoms with E-state index >= 15 is 0 Å². The molecule has 0 bridgehead atoms. The van der Waals surface area contributed by atoms with Gasteiger partial charge in [0.1, 0.15) is 11.9 Å². The molecule has 0 radical (unpaired) electrons. The van der Waals surface area contributed by atoms with Crippen LogP contribution in [-0.4, -0.2) is 46.3 Å². The Labute approximate surface area is 124 Å². The number of aryl methyl sites for hydroxylation is 1. The van der Waals surface area contributed by atoms with E-state index < -0.39 is 6.10 Å². The van der Waals surface area contributed by atoms with Crippen LogP contribution in [0.5, 0.6) is 0 Å². The summed E-state index contributed by atoms with van der Waals surface area (Å²) in [4.78, 5) is 14.2. The largest absolute Gasteiger partial charge is 0.383 e. The first-order chi connectivity index (χ1) is 10.1. The molecule has 21 heavy (non-hydrogen) atoms. The Bertz CT molecular complexity index is 490. The Morgan fingerprint density at radius 2 is 2.19 bits per heavy atom. The molecule has 2 heterocycles. The van der Waals surface area contributed by atoms with Gasteiger partial charge in [0, 0.05) is 18.7 Å². The summed E-state index contributed by atoms with van der Waals surface area (Å²) in [6.45, 7) is 4.42. The van der Waals surface area contributed by atoms with Crippen LogP contribution < -0.4 is 5.32 Å². The molecule has 1 aliphatic carbocycles. The van der Waals surface area contributed by atoms with Crippen molar-refractivity contribution < 1.29 is 14.4 Å². The molecule has 1 atom stereocenters. The molecule has 1 aromatic rings. The highest BCUT2D eigenvalue weighted by atomic mass is 16.5. The van der Waals surface area contributed by atoms with Gasteiger partial charge in [0.25, 0.3) is 0 Å². The van der Waals surface area contributed by atoms with Crippen LogP contribution in [0.4, 0.5) is 0 Å². The van der Waals surface area contributed by atoms with E-state index in [2.05, 4.69) is 15.4 Å². The van der Waals surface area contributed by atoms with E-state index in [9.17, 15) is 9.90 Å². The number of nitrogens with one attached hydrogen (secondary N) is 1. The molecule has 2 fully saturated rings. The standard InChI is InChI=1S/C15H23N3O3/c1-10-8-13(17-21-10)9-18-6-4-11(5-7-18)14(19)15(20)16-12-2-3-12/h8,11-12,14,19H,2-7,9H2,1H3,(H,16,20)/t14-/m1/s1. The van der Waals surface area contributed by atoms with Crippen molar-refractivity contribution in [1.29, 1.82) is 0 Å². The summed E-state index contributed by atoms with van der Waals surface area (Å²) in [6.07, 6.45) is 2.93. The maximum atomic E-state index is 11.9. The molecule has 2 aliphatic rings. The summed E-state index contributed by atoms with van der Waals surface area (Å²) >= 11 is 0. The van der Waals surface area contributed by atoms with Crippen LogP contribution in [0.1, 0.15) is 37.1 Å². The fourth-order valence-electron chi connectivity index (χ4n) is 2.88. The normalized spacial score (nSPS) is 22.2. The Kier molecular flexibility index (Phi) is 4.26. The number of hydrogen-bond donors (Lipinski definition) is 2. The number of aromatic nitrogens is 1. The van der Waals surface area contributed by atoms with Crippen molar-refractivity contribution in [1.82, 2.24) is 15.4 Å². The molecule has 1 aliphatic heterocycles. The smallest absolute Gasteiger partial charge is 0.249 e. The Morgan fingerprint density at radius 1 is 1.48 bits per heavy atom.